The van der Waals surface area contributed by atoms with Gasteiger partial charge in [-0.15, -0.1) is 0 Å². The minimum absolute atomic E-state index is 0.412. The van der Waals surface area contributed by atoms with Gasteiger partial charge < -0.3 is 10.6 Å². The van der Waals surface area contributed by atoms with Crippen LogP contribution in [-0.2, 0) is 0 Å². The first-order chi connectivity index (χ1) is 9.43. The maximum absolute atomic E-state index is 4.29. The number of piperidine rings is 1. The van der Waals surface area contributed by atoms with E-state index in [1.807, 2.05) is 7.05 Å². The molecule has 0 amide bonds. The molecule has 118 valence electrons. The van der Waals surface area contributed by atoms with Crippen LogP contribution in [-0.4, -0.2) is 49.6 Å². The van der Waals surface area contributed by atoms with Crippen molar-refractivity contribution in [3.63, 3.8) is 0 Å². The summed E-state index contributed by atoms with van der Waals surface area (Å²) in [5.41, 5.74) is 0. The van der Waals surface area contributed by atoms with E-state index in [0.29, 0.717) is 18.0 Å². The summed E-state index contributed by atoms with van der Waals surface area (Å²) in [6.45, 7) is 14.7. The van der Waals surface area contributed by atoms with E-state index in [1.54, 1.807) is 0 Å². The highest BCUT2D eigenvalue weighted by Gasteiger charge is 2.25. The highest BCUT2D eigenvalue weighted by Crippen LogP contribution is 2.20. The van der Waals surface area contributed by atoms with Crippen LogP contribution in [0.2, 0.25) is 0 Å². The van der Waals surface area contributed by atoms with Gasteiger partial charge >= 0.3 is 0 Å². The van der Waals surface area contributed by atoms with Crippen molar-refractivity contribution in [3.05, 3.63) is 0 Å². The first-order valence-corrected chi connectivity index (χ1v) is 8.15. The van der Waals surface area contributed by atoms with Crippen molar-refractivity contribution in [2.75, 3.05) is 26.7 Å². The predicted octanol–water partition coefficient (Wildman–Crippen LogP) is 2.32. The zero-order valence-electron chi connectivity index (χ0n) is 14.2. The van der Waals surface area contributed by atoms with Gasteiger partial charge in [0.15, 0.2) is 5.96 Å². The van der Waals surface area contributed by atoms with Crippen molar-refractivity contribution >= 4 is 5.96 Å². The summed E-state index contributed by atoms with van der Waals surface area (Å²) in [6.07, 6.45) is 2.67. The van der Waals surface area contributed by atoms with Gasteiger partial charge in [0.05, 0.1) is 0 Å². The van der Waals surface area contributed by atoms with Crippen LogP contribution in [0.5, 0.6) is 0 Å². The average molecular weight is 282 g/mol. The van der Waals surface area contributed by atoms with Crippen LogP contribution in [0, 0.1) is 11.8 Å². The molecule has 4 nitrogen and oxygen atoms in total. The lowest BCUT2D eigenvalue weighted by atomic mass is 9.94. The molecule has 0 aromatic carbocycles. The van der Waals surface area contributed by atoms with Crippen LogP contribution in [0.4, 0.5) is 0 Å². The summed E-state index contributed by atoms with van der Waals surface area (Å²) in [4.78, 5) is 6.95. The standard InChI is InChI=1S/C16H34N4/c1-12(2)15(20-9-7-14(5)8-10-20)11-18-16(17-6)19-13(3)4/h12-15H,7-11H2,1-6H3,(H2,17,18,19). The van der Waals surface area contributed by atoms with Gasteiger partial charge in [0.2, 0.25) is 0 Å². The van der Waals surface area contributed by atoms with E-state index in [2.05, 4.69) is 55.1 Å². The van der Waals surface area contributed by atoms with Gasteiger partial charge in [-0.3, -0.25) is 9.89 Å². The van der Waals surface area contributed by atoms with Crippen molar-refractivity contribution < 1.29 is 0 Å². The highest BCUT2D eigenvalue weighted by molar-refractivity contribution is 5.79. The molecule has 1 rings (SSSR count). The van der Waals surface area contributed by atoms with Gasteiger partial charge in [-0.1, -0.05) is 20.8 Å². The third kappa shape index (κ3) is 5.70. The number of aliphatic imine (C=N–C) groups is 1. The third-order valence-electron chi connectivity index (χ3n) is 4.18. The summed E-state index contributed by atoms with van der Waals surface area (Å²) in [7, 11) is 1.84. The maximum atomic E-state index is 4.29. The Morgan fingerprint density at radius 1 is 1.20 bits per heavy atom. The van der Waals surface area contributed by atoms with Gasteiger partial charge in [0.25, 0.3) is 0 Å². The number of likely N-dealkylation sites (tertiary alicyclic amines) is 1. The fourth-order valence-electron chi connectivity index (χ4n) is 2.82. The Labute approximate surface area is 125 Å². The quantitative estimate of drug-likeness (QED) is 0.600. The second kappa shape index (κ2) is 8.50. The molecule has 0 spiro atoms. The van der Waals surface area contributed by atoms with Crippen LogP contribution in [0.15, 0.2) is 4.99 Å². The number of hydrogen-bond donors (Lipinski definition) is 2. The summed E-state index contributed by atoms with van der Waals surface area (Å²) in [5, 5.41) is 6.84. The van der Waals surface area contributed by atoms with E-state index >= 15 is 0 Å². The van der Waals surface area contributed by atoms with E-state index in [1.165, 1.54) is 25.9 Å². The highest BCUT2D eigenvalue weighted by atomic mass is 15.2. The largest absolute Gasteiger partial charge is 0.355 e. The fraction of sp³-hybridized carbons (Fsp3) is 0.938. The lowest BCUT2D eigenvalue weighted by Gasteiger charge is -2.39. The summed E-state index contributed by atoms with van der Waals surface area (Å²) in [5.74, 6) is 2.46. The minimum atomic E-state index is 0.412. The number of rotatable bonds is 5. The van der Waals surface area contributed by atoms with Crippen molar-refractivity contribution in [1.29, 1.82) is 0 Å². The molecule has 2 N–H and O–H groups in total. The Balaban J connectivity index is 2.50. The number of nitrogens with zero attached hydrogens (tertiary/aromatic N) is 2. The number of guanidine groups is 1. The molecule has 1 fully saturated rings. The van der Waals surface area contributed by atoms with Crippen molar-refractivity contribution in [3.8, 4) is 0 Å². The molecule has 4 heteroatoms. The SMILES string of the molecule is CN=C(NCC(C(C)C)N1CCC(C)CC1)NC(C)C. The molecule has 0 radical (unpaired) electrons. The Morgan fingerprint density at radius 3 is 2.25 bits per heavy atom. The monoisotopic (exact) mass is 282 g/mol. The molecule has 1 aliphatic rings. The van der Waals surface area contributed by atoms with Gasteiger partial charge in [-0.2, -0.15) is 0 Å². The molecule has 0 aromatic rings. The third-order valence-corrected chi connectivity index (χ3v) is 4.18. The van der Waals surface area contributed by atoms with E-state index in [4.69, 9.17) is 0 Å². The molecule has 1 atom stereocenters. The lowest BCUT2D eigenvalue weighted by Crippen LogP contribution is -2.52. The molecular formula is C16H34N4. The van der Waals surface area contributed by atoms with Crippen LogP contribution >= 0.6 is 0 Å². The van der Waals surface area contributed by atoms with Gasteiger partial charge in [-0.25, -0.2) is 0 Å². The Kier molecular flexibility index (Phi) is 7.35. The molecular weight excluding hydrogens is 248 g/mol. The lowest BCUT2D eigenvalue weighted by molar-refractivity contribution is 0.110. The summed E-state index contributed by atoms with van der Waals surface area (Å²) < 4.78 is 0. The summed E-state index contributed by atoms with van der Waals surface area (Å²) >= 11 is 0. The van der Waals surface area contributed by atoms with Crippen LogP contribution in [0.3, 0.4) is 0 Å². The van der Waals surface area contributed by atoms with Gasteiger partial charge in [0.1, 0.15) is 0 Å². The van der Waals surface area contributed by atoms with E-state index in [0.717, 1.165) is 18.4 Å². The number of hydrogen-bond acceptors (Lipinski definition) is 2. The van der Waals surface area contributed by atoms with E-state index in [9.17, 15) is 0 Å². The molecule has 1 aliphatic heterocycles. The van der Waals surface area contributed by atoms with Crippen LogP contribution < -0.4 is 10.6 Å². The smallest absolute Gasteiger partial charge is 0.191 e. The molecule has 0 bridgehead atoms. The second-order valence-corrected chi connectivity index (χ2v) is 6.78. The van der Waals surface area contributed by atoms with Gasteiger partial charge in [-0.05, 0) is 51.6 Å². The Bertz CT molecular complexity index is 291. The molecule has 1 unspecified atom stereocenters. The molecule has 0 saturated carbocycles. The van der Waals surface area contributed by atoms with Crippen LogP contribution in [0.1, 0.15) is 47.5 Å². The average Bonchev–Trinajstić information content (AvgIpc) is 2.38. The number of nitrogens with one attached hydrogen (secondary N) is 2. The Hall–Kier alpha value is -0.770. The zero-order valence-corrected chi connectivity index (χ0v) is 14.2. The topological polar surface area (TPSA) is 39.7 Å². The van der Waals surface area contributed by atoms with Crippen molar-refractivity contribution in [2.24, 2.45) is 16.8 Å². The normalized spacial score (nSPS) is 20.5. The summed E-state index contributed by atoms with van der Waals surface area (Å²) in [6, 6.07) is 1.00. The van der Waals surface area contributed by atoms with Crippen molar-refractivity contribution in [1.82, 2.24) is 15.5 Å². The maximum Gasteiger partial charge on any atom is 0.191 e. The van der Waals surface area contributed by atoms with Gasteiger partial charge in [0, 0.05) is 25.7 Å². The van der Waals surface area contributed by atoms with Crippen LogP contribution in [0.25, 0.3) is 0 Å². The predicted molar refractivity (Wildman–Crippen MR) is 88.2 cm³/mol. The van der Waals surface area contributed by atoms with E-state index < -0.39 is 0 Å². The second-order valence-electron chi connectivity index (χ2n) is 6.78. The Morgan fingerprint density at radius 2 is 1.80 bits per heavy atom. The first-order valence-electron chi connectivity index (χ1n) is 8.15. The minimum Gasteiger partial charge on any atom is -0.355 e. The fourth-order valence-corrected chi connectivity index (χ4v) is 2.82. The zero-order chi connectivity index (χ0) is 15.1. The molecule has 1 heterocycles. The first kappa shape index (κ1) is 17.3. The molecule has 0 aliphatic carbocycles. The molecule has 0 aromatic heterocycles. The van der Waals surface area contributed by atoms with Crippen molar-refractivity contribution in [2.45, 2.75) is 59.5 Å². The van der Waals surface area contributed by atoms with E-state index in [-0.39, 0.29) is 0 Å². The molecule has 20 heavy (non-hydrogen) atoms. The molecule has 1 saturated heterocycles.